The van der Waals surface area contributed by atoms with Crippen LogP contribution in [0.25, 0.3) is 0 Å². The molecule has 0 aliphatic rings. The van der Waals surface area contributed by atoms with Gasteiger partial charge in [-0.25, -0.2) is 0 Å². The molecular weight excluding hydrogens is 158 g/mol. The van der Waals surface area contributed by atoms with Gasteiger partial charge >= 0.3 is 5.97 Å². The van der Waals surface area contributed by atoms with Crippen LogP contribution in [0.1, 0.15) is 20.3 Å². The fourth-order valence-electron chi connectivity index (χ4n) is 1.02. The van der Waals surface area contributed by atoms with E-state index in [1.165, 1.54) is 0 Å². The van der Waals surface area contributed by atoms with Crippen LogP contribution in [-0.2, 0) is 4.79 Å². The summed E-state index contributed by atoms with van der Waals surface area (Å²) in [7, 11) is 0. The highest BCUT2D eigenvalue weighted by Gasteiger charge is 2.29. The summed E-state index contributed by atoms with van der Waals surface area (Å²) in [6, 6.07) is 0. The van der Waals surface area contributed by atoms with Gasteiger partial charge in [-0.2, -0.15) is 0 Å². The zero-order chi connectivity index (χ0) is 9.78. The van der Waals surface area contributed by atoms with Gasteiger partial charge in [0.15, 0.2) is 0 Å². The van der Waals surface area contributed by atoms with Crippen molar-refractivity contribution in [2.45, 2.75) is 20.3 Å². The number of aliphatic hydroxyl groups excluding tert-OH is 1. The zero-order valence-electron chi connectivity index (χ0n) is 7.58. The number of carboxylic acid groups (broad SMARTS) is 1. The van der Waals surface area contributed by atoms with E-state index >= 15 is 0 Å². The van der Waals surface area contributed by atoms with Crippen LogP contribution in [0.2, 0.25) is 0 Å². The highest BCUT2D eigenvalue weighted by Crippen LogP contribution is 2.27. The minimum absolute atomic E-state index is 0.0179. The topological polar surface area (TPSA) is 83.5 Å². The molecule has 12 heavy (non-hydrogen) atoms. The SMILES string of the molecule is CC(C)(CO)C(CN)CC(=O)O. The zero-order valence-corrected chi connectivity index (χ0v) is 7.58. The Kier molecular flexibility index (Phi) is 4.20. The van der Waals surface area contributed by atoms with Crippen molar-refractivity contribution < 1.29 is 15.0 Å². The summed E-state index contributed by atoms with van der Waals surface area (Å²) >= 11 is 0. The Bertz CT molecular complexity index is 156. The molecule has 0 aliphatic carbocycles. The van der Waals surface area contributed by atoms with Crippen molar-refractivity contribution in [3.8, 4) is 0 Å². The molecule has 0 rings (SSSR count). The Labute approximate surface area is 72.4 Å². The molecule has 4 nitrogen and oxygen atoms in total. The fraction of sp³-hybridized carbons (Fsp3) is 0.875. The molecule has 0 aromatic heterocycles. The van der Waals surface area contributed by atoms with Gasteiger partial charge in [0.25, 0.3) is 0 Å². The van der Waals surface area contributed by atoms with Gasteiger partial charge in [-0.3, -0.25) is 4.79 Å². The van der Waals surface area contributed by atoms with Crippen molar-refractivity contribution in [3.05, 3.63) is 0 Å². The number of nitrogens with two attached hydrogens (primary N) is 1. The second-order valence-electron chi connectivity index (χ2n) is 3.68. The number of aliphatic carboxylic acids is 1. The Morgan fingerprint density at radius 3 is 2.33 bits per heavy atom. The summed E-state index contributed by atoms with van der Waals surface area (Å²) in [6.07, 6.45) is 0.0179. The summed E-state index contributed by atoms with van der Waals surface area (Å²) < 4.78 is 0. The molecule has 0 aliphatic heterocycles. The third kappa shape index (κ3) is 3.19. The number of carboxylic acids is 1. The maximum atomic E-state index is 10.4. The normalized spacial score (nSPS) is 14.3. The first-order valence-corrected chi connectivity index (χ1v) is 3.96. The van der Waals surface area contributed by atoms with Crippen LogP contribution in [0, 0.1) is 11.3 Å². The number of rotatable bonds is 5. The van der Waals surface area contributed by atoms with Gasteiger partial charge in [-0.05, 0) is 17.9 Å². The number of aliphatic hydroxyl groups is 1. The fourth-order valence-corrected chi connectivity index (χ4v) is 1.02. The average molecular weight is 175 g/mol. The lowest BCUT2D eigenvalue weighted by Crippen LogP contribution is -2.35. The molecule has 0 aromatic rings. The molecule has 1 atom stereocenters. The third-order valence-corrected chi connectivity index (χ3v) is 2.22. The molecule has 1 unspecified atom stereocenters. The molecule has 0 bridgehead atoms. The van der Waals surface area contributed by atoms with Gasteiger partial charge in [0.1, 0.15) is 0 Å². The summed E-state index contributed by atoms with van der Waals surface area (Å²) in [6.45, 7) is 3.88. The number of hydrogen-bond acceptors (Lipinski definition) is 3. The van der Waals surface area contributed by atoms with Crippen molar-refractivity contribution in [2.24, 2.45) is 17.1 Å². The summed E-state index contributed by atoms with van der Waals surface area (Å²) in [5, 5.41) is 17.5. The van der Waals surface area contributed by atoms with E-state index in [2.05, 4.69) is 0 Å². The first-order chi connectivity index (χ1) is 5.44. The molecular formula is C8H17NO3. The van der Waals surface area contributed by atoms with E-state index in [0.29, 0.717) is 6.54 Å². The monoisotopic (exact) mass is 175 g/mol. The van der Waals surface area contributed by atoms with Crippen LogP contribution in [0.15, 0.2) is 0 Å². The minimum Gasteiger partial charge on any atom is -0.481 e. The molecule has 0 saturated carbocycles. The average Bonchev–Trinajstić information content (AvgIpc) is 1.99. The van der Waals surface area contributed by atoms with Crippen molar-refractivity contribution >= 4 is 5.97 Å². The van der Waals surface area contributed by atoms with Gasteiger partial charge in [0.2, 0.25) is 0 Å². The van der Waals surface area contributed by atoms with Crippen LogP contribution in [0.4, 0.5) is 0 Å². The lowest BCUT2D eigenvalue weighted by atomic mass is 9.78. The molecule has 0 fully saturated rings. The van der Waals surface area contributed by atoms with E-state index in [-0.39, 0.29) is 18.9 Å². The smallest absolute Gasteiger partial charge is 0.303 e. The van der Waals surface area contributed by atoms with Crippen LogP contribution in [0.5, 0.6) is 0 Å². The predicted molar refractivity (Wildman–Crippen MR) is 45.7 cm³/mol. The van der Waals surface area contributed by atoms with E-state index in [0.717, 1.165) is 0 Å². The Morgan fingerprint density at radius 2 is 2.08 bits per heavy atom. The van der Waals surface area contributed by atoms with Crippen molar-refractivity contribution in [1.82, 2.24) is 0 Å². The van der Waals surface area contributed by atoms with Gasteiger partial charge in [-0.15, -0.1) is 0 Å². The number of hydrogen-bond donors (Lipinski definition) is 3. The summed E-state index contributed by atoms with van der Waals surface area (Å²) in [4.78, 5) is 10.4. The van der Waals surface area contributed by atoms with Crippen LogP contribution in [-0.4, -0.2) is 29.3 Å². The maximum Gasteiger partial charge on any atom is 0.303 e. The van der Waals surface area contributed by atoms with E-state index in [4.69, 9.17) is 15.9 Å². The van der Waals surface area contributed by atoms with Crippen molar-refractivity contribution in [2.75, 3.05) is 13.2 Å². The van der Waals surface area contributed by atoms with Crippen molar-refractivity contribution in [1.29, 1.82) is 0 Å². The molecule has 0 heterocycles. The summed E-state index contributed by atoms with van der Waals surface area (Å²) in [5.41, 5.74) is 5.00. The largest absolute Gasteiger partial charge is 0.481 e. The molecule has 0 amide bonds. The predicted octanol–water partition coefficient (Wildman–Crippen LogP) is 0.0545. The Balaban J connectivity index is 4.23. The lowest BCUT2D eigenvalue weighted by molar-refractivity contribution is -0.139. The van der Waals surface area contributed by atoms with Gasteiger partial charge in [-0.1, -0.05) is 13.8 Å². The van der Waals surface area contributed by atoms with Crippen LogP contribution in [0.3, 0.4) is 0 Å². The van der Waals surface area contributed by atoms with E-state index in [1.54, 1.807) is 0 Å². The second-order valence-corrected chi connectivity index (χ2v) is 3.68. The van der Waals surface area contributed by atoms with Gasteiger partial charge in [0, 0.05) is 13.0 Å². The molecule has 0 radical (unpaired) electrons. The maximum absolute atomic E-state index is 10.4. The lowest BCUT2D eigenvalue weighted by Gasteiger charge is -2.30. The standard InChI is InChI=1S/C8H17NO3/c1-8(2,5-10)6(4-9)3-7(11)12/h6,10H,3-5,9H2,1-2H3,(H,11,12). The molecule has 4 N–H and O–H groups in total. The first-order valence-electron chi connectivity index (χ1n) is 3.96. The molecule has 4 heteroatoms. The van der Waals surface area contributed by atoms with Crippen LogP contribution >= 0.6 is 0 Å². The quantitative estimate of drug-likeness (QED) is 0.551. The summed E-state index contributed by atoms with van der Waals surface area (Å²) in [5.74, 6) is -1.04. The van der Waals surface area contributed by atoms with E-state index < -0.39 is 11.4 Å². The molecule has 0 saturated heterocycles. The Hall–Kier alpha value is -0.610. The molecule has 0 aromatic carbocycles. The van der Waals surface area contributed by atoms with Crippen molar-refractivity contribution in [3.63, 3.8) is 0 Å². The minimum atomic E-state index is -0.869. The molecule has 72 valence electrons. The number of carbonyl (C=O) groups is 1. The second kappa shape index (κ2) is 4.42. The Morgan fingerprint density at radius 1 is 1.58 bits per heavy atom. The highest BCUT2D eigenvalue weighted by atomic mass is 16.4. The first kappa shape index (κ1) is 11.4. The van der Waals surface area contributed by atoms with E-state index in [9.17, 15) is 4.79 Å². The van der Waals surface area contributed by atoms with Gasteiger partial charge in [0.05, 0.1) is 0 Å². The molecule has 0 spiro atoms. The van der Waals surface area contributed by atoms with Gasteiger partial charge < -0.3 is 15.9 Å². The third-order valence-electron chi connectivity index (χ3n) is 2.22. The highest BCUT2D eigenvalue weighted by molar-refractivity contribution is 5.67. The van der Waals surface area contributed by atoms with E-state index in [1.807, 2.05) is 13.8 Å². The van der Waals surface area contributed by atoms with Crippen LogP contribution < -0.4 is 5.73 Å².